The molecule has 0 unspecified atom stereocenters. The summed E-state index contributed by atoms with van der Waals surface area (Å²) < 4.78 is 1.80. The zero-order valence-electron chi connectivity index (χ0n) is 7.83. The van der Waals surface area contributed by atoms with Gasteiger partial charge in [-0.25, -0.2) is 0 Å². The molecule has 0 radical (unpaired) electrons. The van der Waals surface area contributed by atoms with Crippen LogP contribution in [0, 0.1) is 0 Å². The van der Waals surface area contributed by atoms with Crippen molar-refractivity contribution in [3.63, 3.8) is 0 Å². The molecule has 2 nitrogen and oxygen atoms in total. The summed E-state index contributed by atoms with van der Waals surface area (Å²) in [5.41, 5.74) is 3.32. The monoisotopic (exact) mass is 162 g/mol. The van der Waals surface area contributed by atoms with Gasteiger partial charge in [0.25, 0.3) is 0 Å². The van der Waals surface area contributed by atoms with E-state index in [0.29, 0.717) is 0 Å². The fourth-order valence-electron chi connectivity index (χ4n) is 1.07. The molecule has 1 rings (SSSR count). The van der Waals surface area contributed by atoms with E-state index >= 15 is 0 Å². The molecule has 1 heterocycles. The van der Waals surface area contributed by atoms with Crippen molar-refractivity contribution in [1.29, 1.82) is 0 Å². The van der Waals surface area contributed by atoms with Crippen molar-refractivity contribution >= 4 is 12.2 Å². The number of aromatic nitrogens is 2. The van der Waals surface area contributed by atoms with Crippen LogP contribution in [0.3, 0.4) is 0 Å². The lowest BCUT2D eigenvalue weighted by Crippen LogP contribution is -1.86. The molecule has 0 fully saturated rings. The summed E-state index contributed by atoms with van der Waals surface area (Å²) in [7, 11) is 1.91. The predicted molar refractivity (Wildman–Crippen MR) is 52.6 cm³/mol. The molecule has 1 aromatic heterocycles. The van der Waals surface area contributed by atoms with Crippen LogP contribution in [0.4, 0.5) is 0 Å². The van der Waals surface area contributed by atoms with Crippen LogP contribution in [0.25, 0.3) is 12.2 Å². The molecule has 0 aromatic carbocycles. The first-order chi connectivity index (χ1) is 5.63. The van der Waals surface area contributed by atoms with E-state index in [9.17, 15) is 0 Å². The maximum absolute atomic E-state index is 4.29. The molecule has 2 heteroatoms. The summed E-state index contributed by atoms with van der Waals surface area (Å²) in [4.78, 5) is 0. The zero-order valence-corrected chi connectivity index (χ0v) is 7.83. The molecule has 0 saturated carbocycles. The maximum atomic E-state index is 4.29. The number of hydrogen-bond donors (Lipinski definition) is 0. The van der Waals surface area contributed by atoms with E-state index in [1.807, 2.05) is 19.3 Å². The third-order valence-electron chi connectivity index (χ3n) is 1.53. The van der Waals surface area contributed by atoms with Gasteiger partial charge in [0, 0.05) is 18.8 Å². The van der Waals surface area contributed by atoms with Crippen molar-refractivity contribution in [2.75, 3.05) is 0 Å². The third-order valence-corrected chi connectivity index (χ3v) is 1.53. The third kappa shape index (κ3) is 1.84. The smallest absolute Gasteiger partial charge is 0.0922 e. The Morgan fingerprint density at radius 2 is 2.25 bits per heavy atom. The number of aryl methyl sites for hydroxylation is 1. The minimum Gasteiger partial charge on any atom is -0.275 e. The van der Waals surface area contributed by atoms with Crippen LogP contribution in [0.2, 0.25) is 0 Å². The average Bonchev–Trinajstić information content (AvgIpc) is 2.29. The van der Waals surface area contributed by atoms with Gasteiger partial charge >= 0.3 is 0 Å². The van der Waals surface area contributed by atoms with Gasteiger partial charge in [-0.05, 0) is 19.9 Å². The van der Waals surface area contributed by atoms with Crippen molar-refractivity contribution in [2.45, 2.75) is 13.8 Å². The summed E-state index contributed by atoms with van der Waals surface area (Å²) in [6, 6.07) is 0. The zero-order chi connectivity index (χ0) is 9.14. The summed E-state index contributed by atoms with van der Waals surface area (Å²) in [5.74, 6) is 0. The molecular formula is C10H14N2. The molecule has 64 valence electrons. The fourth-order valence-corrected chi connectivity index (χ4v) is 1.07. The summed E-state index contributed by atoms with van der Waals surface area (Å²) in [5, 5.41) is 4.29. The highest BCUT2D eigenvalue weighted by Crippen LogP contribution is 2.11. The molecule has 12 heavy (non-hydrogen) atoms. The van der Waals surface area contributed by atoms with Crippen LogP contribution in [0.5, 0.6) is 0 Å². The molecule has 0 saturated heterocycles. The Hall–Kier alpha value is -1.31. The topological polar surface area (TPSA) is 17.8 Å². The van der Waals surface area contributed by atoms with E-state index in [1.165, 1.54) is 5.57 Å². The first-order valence-corrected chi connectivity index (χ1v) is 3.94. The molecule has 0 aliphatic heterocycles. The average molecular weight is 162 g/mol. The fraction of sp³-hybridized carbons (Fsp3) is 0.300. The lowest BCUT2D eigenvalue weighted by Gasteiger charge is -1.89. The quantitative estimate of drug-likeness (QED) is 0.653. The molecule has 0 aliphatic carbocycles. The van der Waals surface area contributed by atoms with Crippen LogP contribution in [-0.4, -0.2) is 9.78 Å². The van der Waals surface area contributed by atoms with Crippen LogP contribution in [-0.2, 0) is 7.05 Å². The second-order valence-electron chi connectivity index (χ2n) is 3.07. The minimum absolute atomic E-state index is 0.993. The first kappa shape index (κ1) is 8.78. The maximum Gasteiger partial charge on any atom is 0.0922 e. The van der Waals surface area contributed by atoms with Gasteiger partial charge in [-0.3, -0.25) is 4.68 Å². The van der Waals surface area contributed by atoms with Crippen LogP contribution in [0.15, 0.2) is 18.3 Å². The van der Waals surface area contributed by atoms with Crippen LogP contribution < -0.4 is 0 Å². The predicted octanol–water partition coefficient (Wildman–Crippen LogP) is 2.49. The molecule has 0 bridgehead atoms. The van der Waals surface area contributed by atoms with E-state index in [1.54, 1.807) is 4.68 Å². The van der Waals surface area contributed by atoms with Gasteiger partial charge in [0.2, 0.25) is 0 Å². The molecule has 0 N–H and O–H groups in total. The van der Waals surface area contributed by atoms with E-state index < -0.39 is 0 Å². The van der Waals surface area contributed by atoms with Gasteiger partial charge in [0.1, 0.15) is 0 Å². The Morgan fingerprint density at radius 1 is 1.58 bits per heavy atom. The molecule has 0 aliphatic rings. The van der Waals surface area contributed by atoms with Crippen molar-refractivity contribution in [3.8, 4) is 0 Å². The largest absolute Gasteiger partial charge is 0.275 e. The second kappa shape index (κ2) is 3.39. The van der Waals surface area contributed by atoms with Gasteiger partial charge in [-0.2, -0.15) is 5.10 Å². The lowest BCUT2D eigenvalue weighted by molar-refractivity contribution is 0.764. The van der Waals surface area contributed by atoms with E-state index in [2.05, 4.69) is 31.6 Å². The highest BCUT2D eigenvalue weighted by molar-refractivity contribution is 5.61. The van der Waals surface area contributed by atoms with Crippen molar-refractivity contribution in [1.82, 2.24) is 9.78 Å². The summed E-state index contributed by atoms with van der Waals surface area (Å²) in [6.45, 7) is 7.84. The molecule has 0 amide bonds. The minimum atomic E-state index is 0.993. The van der Waals surface area contributed by atoms with Gasteiger partial charge in [0.05, 0.1) is 5.69 Å². The standard InChI is InChI=1S/C10H14N2/c1-5-9-7-12(4)11-10(9)6-8(2)3/h5-7H,1H2,2-4H3. The van der Waals surface area contributed by atoms with Gasteiger partial charge < -0.3 is 0 Å². The van der Waals surface area contributed by atoms with Crippen LogP contribution >= 0.6 is 0 Å². The first-order valence-electron chi connectivity index (χ1n) is 3.94. The van der Waals surface area contributed by atoms with E-state index in [4.69, 9.17) is 0 Å². The van der Waals surface area contributed by atoms with Crippen molar-refractivity contribution in [3.05, 3.63) is 29.6 Å². The summed E-state index contributed by atoms with van der Waals surface area (Å²) >= 11 is 0. The van der Waals surface area contributed by atoms with Crippen molar-refractivity contribution in [2.24, 2.45) is 7.05 Å². The van der Waals surface area contributed by atoms with E-state index in [-0.39, 0.29) is 0 Å². The van der Waals surface area contributed by atoms with Gasteiger partial charge in [0.15, 0.2) is 0 Å². The highest BCUT2D eigenvalue weighted by Gasteiger charge is 1.99. The molecule has 0 atom stereocenters. The summed E-state index contributed by atoms with van der Waals surface area (Å²) in [6.07, 6.45) is 5.83. The van der Waals surface area contributed by atoms with Gasteiger partial charge in [-0.1, -0.05) is 18.2 Å². The second-order valence-corrected chi connectivity index (χ2v) is 3.07. The SMILES string of the molecule is C=Cc1cn(C)nc1C=C(C)C. The van der Waals surface area contributed by atoms with Crippen molar-refractivity contribution < 1.29 is 0 Å². The number of rotatable bonds is 2. The highest BCUT2D eigenvalue weighted by atomic mass is 15.2. The number of hydrogen-bond acceptors (Lipinski definition) is 1. The Kier molecular flexibility index (Phi) is 2.48. The Balaban J connectivity index is 3.13. The number of allylic oxidation sites excluding steroid dienone is 1. The Labute approximate surface area is 73.2 Å². The van der Waals surface area contributed by atoms with Gasteiger partial charge in [-0.15, -0.1) is 0 Å². The lowest BCUT2D eigenvalue weighted by atomic mass is 10.2. The normalized spacial score (nSPS) is 9.58. The Morgan fingerprint density at radius 3 is 2.75 bits per heavy atom. The molecule has 0 spiro atoms. The van der Waals surface area contributed by atoms with Crippen LogP contribution in [0.1, 0.15) is 25.1 Å². The van der Waals surface area contributed by atoms with E-state index in [0.717, 1.165) is 11.3 Å². The number of nitrogens with zero attached hydrogens (tertiary/aromatic N) is 2. The molecular weight excluding hydrogens is 148 g/mol. The molecule has 1 aromatic rings. The Bertz CT molecular complexity index is 315.